The topological polar surface area (TPSA) is 38.0 Å². The minimum Gasteiger partial charge on any atom is -0.493 e. The number of rotatable bonds is 2. The molecule has 0 radical (unpaired) electrons. The summed E-state index contributed by atoms with van der Waals surface area (Å²) >= 11 is 0. The Morgan fingerprint density at radius 1 is 1.27 bits per heavy atom. The molecule has 0 aliphatic rings. The van der Waals surface area contributed by atoms with Gasteiger partial charge in [0.15, 0.2) is 0 Å². The normalized spacial score (nSPS) is 10.5. The fourth-order valence-electron chi connectivity index (χ4n) is 1.68. The maximum atomic E-state index is 9.91. The second kappa shape index (κ2) is 3.77. The smallest absolute Gasteiger partial charge is 0.217 e. The number of aryl methyl sites for hydroxylation is 2. The second-order valence-corrected chi connectivity index (χ2v) is 3.51. The molecule has 1 aromatic carbocycles. The molecule has 78 valence electrons. The molecule has 1 N–H and O–H groups in total. The van der Waals surface area contributed by atoms with Crippen LogP contribution in [0.25, 0.3) is 11.1 Å². The van der Waals surface area contributed by atoms with Gasteiger partial charge in [0.05, 0.1) is 11.8 Å². The van der Waals surface area contributed by atoms with E-state index in [0.29, 0.717) is 6.54 Å². The zero-order valence-electron chi connectivity index (χ0n) is 8.94. The van der Waals surface area contributed by atoms with Gasteiger partial charge in [-0.3, -0.25) is 0 Å². The molecule has 3 nitrogen and oxygen atoms in total. The Morgan fingerprint density at radius 3 is 2.60 bits per heavy atom. The Hall–Kier alpha value is -1.77. The molecule has 1 heterocycles. The van der Waals surface area contributed by atoms with Gasteiger partial charge in [-0.1, -0.05) is 24.3 Å². The lowest BCUT2D eigenvalue weighted by molar-refractivity contribution is 0.406. The van der Waals surface area contributed by atoms with E-state index in [1.165, 1.54) is 0 Å². The molecule has 0 saturated heterocycles. The van der Waals surface area contributed by atoms with Gasteiger partial charge in [-0.15, -0.1) is 0 Å². The molecule has 15 heavy (non-hydrogen) atoms. The van der Waals surface area contributed by atoms with Crippen LogP contribution in [0.3, 0.4) is 0 Å². The first-order valence-corrected chi connectivity index (χ1v) is 5.04. The average Bonchev–Trinajstić information content (AvgIpc) is 2.60. The van der Waals surface area contributed by atoms with Crippen molar-refractivity contribution in [3.05, 3.63) is 36.0 Å². The van der Waals surface area contributed by atoms with Crippen molar-refractivity contribution < 1.29 is 5.11 Å². The lowest BCUT2D eigenvalue weighted by atomic mass is 10.0. The Kier molecular flexibility index (Phi) is 2.46. The number of aromatic nitrogens is 2. The van der Waals surface area contributed by atoms with Crippen LogP contribution in [-0.4, -0.2) is 14.9 Å². The molecule has 0 bridgehead atoms. The van der Waals surface area contributed by atoms with Gasteiger partial charge in [-0.25, -0.2) is 4.68 Å². The fourth-order valence-corrected chi connectivity index (χ4v) is 1.68. The first-order valence-electron chi connectivity index (χ1n) is 5.04. The van der Waals surface area contributed by atoms with E-state index in [-0.39, 0.29) is 5.88 Å². The first-order chi connectivity index (χ1) is 7.24. The zero-order valence-corrected chi connectivity index (χ0v) is 8.94. The molecule has 0 atom stereocenters. The molecule has 0 unspecified atom stereocenters. The molecule has 0 fully saturated rings. The third-order valence-corrected chi connectivity index (χ3v) is 2.55. The van der Waals surface area contributed by atoms with Crippen LogP contribution >= 0.6 is 0 Å². The van der Waals surface area contributed by atoms with Crippen molar-refractivity contribution in [2.24, 2.45) is 0 Å². The summed E-state index contributed by atoms with van der Waals surface area (Å²) in [5, 5.41) is 14.0. The summed E-state index contributed by atoms with van der Waals surface area (Å²) in [6.45, 7) is 4.66. The largest absolute Gasteiger partial charge is 0.493 e. The molecule has 0 spiro atoms. The Balaban J connectivity index is 2.55. The standard InChI is InChI=1S/C12H14N2O/c1-3-14-12(15)11(8-13-14)10-7-5-4-6-9(10)2/h4-8,15H,3H2,1-2H3. The van der Waals surface area contributed by atoms with Crippen LogP contribution in [0.4, 0.5) is 0 Å². The summed E-state index contributed by atoms with van der Waals surface area (Å²) in [5.74, 6) is 0.242. The van der Waals surface area contributed by atoms with Gasteiger partial charge < -0.3 is 5.11 Å². The molecule has 0 amide bonds. The van der Waals surface area contributed by atoms with Gasteiger partial charge in [0, 0.05) is 6.54 Å². The molecule has 0 aliphatic carbocycles. The SMILES string of the molecule is CCn1ncc(-c2ccccc2C)c1O. The van der Waals surface area contributed by atoms with Gasteiger partial charge in [-0.05, 0) is 25.0 Å². The number of nitrogens with zero attached hydrogens (tertiary/aromatic N) is 2. The zero-order chi connectivity index (χ0) is 10.8. The third-order valence-electron chi connectivity index (χ3n) is 2.55. The van der Waals surface area contributed by atoms with Crippen LogP contribution in [0.1, 0.15) is 12.5 Å². The summed E-state index contributed by atoms with van der Waals surface area (Å²) in [4.78, 5) is 0. The highest BCUT2D eigenvalue weighted by Gasteiger charge is 2.11. The number of benzene rings is 1. The third kappa shape index (κ3) is 1.61. The Labute approximate surface area is 89.0 Å². The van der Waals surface area contributed by atoms with E-state index in [0.717, 1.165) is 16.7 Å². The average molecular weight is 202 g/mol. The highest BCUT2D eigenvalue weighted by Crippen LogP contribution is 2.30. The minimum absolute atomic E-state index is 0.242. The maximum absolute atomic E-state index is 9.91. The van der Waals surface area contributed by atoms with E-state index in [1.54, 1.807) is 10.9 Å². The van der Waals surface area contributed by atoms with Crippen LogP contribution < -0.4 is 0 Å². The van der Waals surface area contributed by atoms with Crippen molar-refractivity contribution in [3.8, 4) is 17.0 Å². The molecule has 2 rings (SSSR count). The summed E-state index contributed by atoms with van der Waals surface area (Å²) in [6.07, 6.45) is 1.71. The molecule has 2 aromatic rings. The molecule has 1 aromatic heterocycles. The monoisotopic (exact) mass is 202 g/mol. The molecule has 0 saturated carbocycles. The van der Waals surface area contributed by atoms with Crippen molar-refractivity contribution in [3.63, 3.8) is 0 Å². The fraction of sp³-hybridized carbons (Fsp3) is 0.250. The van der Waals surface area contributed by atoms with Gasteiger partial charge in [0.1, 0.15) is 0 Å². The van der Waals surface area contributed by atoms with E-state index >= 15 is 0 Å². The van der Waals surface area contributed by atoms with Crippen molar-refractivity contribution in [1.29, 1.82) is 0 Å². The Bertz CT molecular complexity index is 474. The molecule has 0 aliphatic heterocycles. The van der Waals surface area contributed by atoms with Crippen LogP contribution in [0.5, 0.6) is 5.88 Å². The van der Waals surface area contributed by atoms with Crippen LogP contribution in [0, 0.1) is 6.92 Å². The van der Waals surface area contributed by atoms with E-state index in [1.807, 2.05) is 38.1 Å². The quantitative estimate of drug-likeness (QED) is 0.812. The van der Waals surface area contributed by atoms with Crippen molar-refractivity contribution in [2.75, 3.05) is 0 Å². The summed E-state index contributed by atoms with van der Waals surface area (Å²) in [6, 6.07) is 7.97. The van der Waals surface area contributed by atoms with Crippen LogP contribution in [0.2, 0.25) is 0 Å². The predicted octanol–water partition coefficient (Wildman–Crippen LogP) is 2.58. The molecular weight excluding hydrogens is 188 g/mol. The number of hydrogen-bond donors (Lipinski definition) is 1. The highest BCUT2D eigenvalue weighted by atomic mass is 16.3. The van der Waals surface area contributed by atoms with Crippen LogP contribution in [0.15, 0.2) is 30.5 Å². The van der Waals surface area contributed by atoms with Crippen LogP contribution in [-0.2, 0) is 6.54 Å². The highest BCUT2D eigenvalue weighted by molar-refractivity contribution is 5.70. The number of aromatic hydroxyl groups is 1. The van der Waals surface area contributed by atoms with E-state index in [4.69, 9.17) is 0 Å². The summed E-state index contributed by atoms with van der Waals surface area (Å²) in [7, 11) is 0. The van der Waals surface area contributed by atoms with Crippen molar-refractivity contribution >= 4 is 0 Å². The van der Waals surface area contributed by atoms with E-state index in [9.17, 15) is 5.11 Å². The summed E-state index contributed by atoms with van der Waals surface area (Å²) < 4.78 is 1.59. The summed E-state index contributed by atoms with van der Waals surface area (Å²) in [5.41, 5.74) is 2.98. The van der Waals surface area contributed by atoms with Gasteiger partial charge >= 0.3 is 0 Å². The van der Waals surface area contributed by atoms with E-state index in [2.05, 4.69) is 5.10 Å². The van der Waals surface area contributed by atoms with Gasteiger partial charge in [0.2, 0.25) is 5.88 Å². The lowest BCUT2D eigenvalue weighted by Gasteiger charge is -2.04. The first kappa shape index (κ1) is 9.77. The number of hydrogen-bond acceptors (Lipinski definition) is 2. The second-order valence-electron chi connectivity index (χ2n) is 3.51. The molecule has 3 heteroatoms. The lowest BCUT2D eigenvalue weighted by Crippen LogP contribution is -1.94. The van der Waals surface area contributed by atoms with E-state index < -0.39 is 0 Å². The Morgan fingerprint density at radius 2 is 2.00 bits per heavy atom. The molecular formula is C12H14N2O. The van der Waals surface area contributed by atoms with Gasteiger partial charge in [-0.2, -0.15) is 5.10 Å². The maximum Gasteiger partial charge on any atom is 0.217 e. The minimum atomic E-state index is 0.242. The van der Waals surface area contributed by atoms with Gasteiger partial charge in [0.25, 0.3) is 0 Å². The predicted molar refractivity (Wildman–Crippen MR) is 59.7 cm³/mol. The van der Waals surface area contributed by atoms with Crippen molar-refractivity contribution in [1.82, 2.24) is 9.78 Å². The van der Waals surface area contributed by atoms with Crippen molar-refractivity contribution in [2.45, 2.75) is 20.4 Å².